The van der Waals surface area contributed by atoms with Crippen LogP contribution in [0.4, 0.5) is 8.78 Å². The van der Waals surface area contributed by atoms with Gasteiger partial charge in [0, 0.05) is 12.1 Å². The van der Waals surface area contributed by atoms with Gasteiger partial charge < -0.3 is 14.8 Å². The fraction of sp³-hybridized carbons (Fsp3) is 0.600. The summed E-state index contributed by atoms with van der Waals surface area (Å²) in [4.78, 5) is 0. The Hall–Kier alpha value is -1.20. The van der Waals surface area contributed by atoms with Gasteiger partial charge in [0.1, 0.15) is 19.0 Å². The molecule has 1 N–H and O–H groups in total. The van der Waals surface area contributed by atoms with E-state index in [9.17, 15) is 8.78 Å². The third-order valence-electron chi connectivity index (χ3n) is 2.57. The van der Waals surface area contributed by atoms with Crippen LogP contribution in [-0.4, -0.2) is 32.8 Å². The van der Waals surface area contributed by atoms with Gasteiger partial charge in [-0.25, -0.2) is 8.78 Å². The van der Waals surface area contributed by atoms with Crippen molar-refractivity contribution in [2.24, 2.45) is 5.92 Å². The van der Waals surface area contributed by atoms with Gasteiger partial charge in [0.15, 0.2) is 0 Å². The zero-order chi connectivity index (χ0) is 14.8. The van der Waals surface area contributed by atoms with Crippen molar-refractivity contribution in [3.05, 3.63) is 29.8 Å². The number of nitrogens with one attached hydrogen (secondary N) is 1. The Bertz CT molecular complexity index is 373. The van der Waals surface area contributed by atoms with Crippen molar-refractivity contribution in [3.63, 3.8) is 0 Å². The Labute approximate surface area is 119 Å². The highest BCUT2D eigenvalue weighted by Crippen LogP contribution is 2.17. The smallest absolute Gasteiger partial charge is 0.261 e. The fourth-order valence-electron chi connectivity index (χ4n) is 1.67. The average Bonchev–Trinajstić information content (AvgIpc) is 2.39. The minimum absolute atomic E-state index is 0.165. The van der Waals surface area contributed by atoms with Crippen LogP contribution in [0.5, 0.6) is 5.75 Å². The topological polar surface area (TPSA) is 30.5 Å². The van der Waals surface area contributed by atoms with Crippen LogP contribution in [0.25, 0.3) is 0 Å². The molecule has 1 rings (SSSR count). The number of rotatable bonds is 10. The highest BCUT2D eigenvalue weighted by molar-refractivity contribution is 5.33. The van der Waals surface area contributed by atoms with Crippen LogP contribution in [0, 0.1) is 5.92 Å². The molecule has 0 heterocycles. The zero-order valence-corrected chi connectivity index (χ0v) is 12.1. The first-order valence-corrected chi connectivity index (χ1v) is 6.87. The maximum atomic E-state index is 11.9. The zero-order valence-electron chi connectivity index (χ0n) is 12.1. The van der Waals surface area contributed by atoms with Crippen molar-refractivity contribution in [2.75, 3.05) is 26.4 Å². The summed E-state index contributed by atoms with van der Waals surface area (Å²) in [7, 11) is 0. The van der Waals surface area contributed by atoms with Gasteiger partial charge in [0.05, 0.1) is 6.61 Å². The van der Waals surface area contributed by atoms with E-state index in [1.807, 2.05) is 24.3 Å². The number of hydrogen-bond acceptors (Lipinski definition) is 3. The predicted molar refractivity (Wildman–Crippen MR) is 75.3 cm³/mol. The molecule has 0 aliphatic heterocycles. The van der Waals surface area contributed by atoms with Crippen LogP contribution < -0.4 is 10.1 Å². The van der Waals surface area contributed by atoms with Crippen LogP contribution in [0.3, 0.4) is 0 Å². The van der Waals surface area contributed by atoms with Crippen molar-refractivity contribution >= 4 is 0 Å². The lowest BCUT2D eigenvalue weighted by Gasteiger charge is -2.13. The van der Waals surface area contributed by atoms with E-state index in [0.717, 1.165) is 24.4 Å². The van der Waals surface area contributed by atoms with E-state index in [-0.39, 0.29) is 13.2 Å². The molecule has 0 atom stereocenters. The molecule has 0 fully saturated rings. The first kappa shape index (κ1) is 16.9. The summed E-state index contributed by atoms with van der Waals surface area (Å²) in [6.07, 6.45) is -2.43. The van der Waals surface area contributed by atoms with Gasteiger partial charge >= 0.3 is 0 Å². The fourth-order valence-corrected chi connectivity index (χ4v) is 1.67. The highest BCUT2D eigenvalue weighted by atomic mass is 19.3. The van der Waals surface area contributed by atoms with Crippen molar-refractivity contribution in [2.45, 2.75) is 26.8 Å². The number of para-hydroxylation sites is 1. The summed E-state index contributed by atoms with van der Waals surface area (Å²) in [5, 5.41) is 3.35. The summed E-state index contributed by atoms with van der Waals surface area (Å²) in [5.41, 5.74) is 1.06. The number of halogens is 2. The van der Waals surface area contributed by atoms with Crippen LogP contribution in [-0.2, 0) is 11.3 Å². The molecule has 0 saturated heterocycles. The SMILES string of the molecule is CC(C)CNCc1ccccc1OCCOCC(F)F. The largest absolute Gasteiger partial charge is 0.491 e. The van der Waals surface area contributed by atoms with E-state index in [4.69, 9.17) is 9.47 Å². The number of ether oxygens (including phenoxy) is 2. The molecule has 0 bridgehead atoms. The van der Waals surface area contributed by atoms with Gasteiger partial charge in [-0.1, -0.05) is 32.0 Å². The lowest BCUT2D eigenvalue weighted by molar-refractivity contribution is 0.00754. The first-order valence-electron chi connectivity index (χ1n) is 6.87. The second-order valence-electron chi connectivity index (χ2n) is 4.95. The molecule has 0 unspecified atom stereocenters. The standard InChI is InChI=1S/C15H23F2NO2/c1-12(2)9-18-10-13-5-3-4-6-14(13)20-8-7-19-11-15(16)17/h3-6,12,15,18H,7-11H2,1-2H3. The van der Waals surface area contributed by atoms with Crippen LogP contribution in [0.2, 0.25) is 0 Å². The molecular formula is C15H23F2NO2. The summed E-state index contributed by atoms with van der Waals surface area (Å²) >= 11 is 0. The van der Waals surface area contributed by atoms with Crippen LogP contribution in [0.1, 0.15) is 19.4 Å². The minimum Gasteiger partial charge on any atom is -0.491 e. The molecule has 0 aliphatic carbocycles. The number of alkyl halides is 2. The second kappa shape index (κ2) is 9.66. The Kier molecular flexibility index (Phi) is 8.14. The van der Waals surface area contributed by atoms with Gasteiger partial charge in [-0.05, 0) is 18.5 Å². The maximum absolute atomic E-state index is 11.9. The molecule has 1 aromatic carbocycles. The van der Waals surface area contributed by atoms with Gasteiger partial charge in [0.2, 0.25) is 0 Å². The predicted octanol–water partition coefficient (Wildman–Crippen LogP) is 3.09. The number of hydrogen-bond donors (Lipinski definition) is 1. The van der Waals surface area contributed by atoms with Crippen molar-refractivity contribution in [3.8, 4) is 5.75 Å². The lowest BCUT2D eigenvalue weighted by atomic mass is 10.2. The Morgan fingerprint density at radius 1 is 1.15 bits per heavy atom. The van der Waals surface area contributed by atoms with E-state index in [2.05, 4.69) is 19.2 Å². The van der Waals surface area contributed by atoms with Crippen LogP contribution >= 0.6 is 0 Å². The molecule has 0 spiro atoms. The third-order valence-corrected chi connectivity index (χ3v) is 2.57. The molecule has 0 amide bonds. The molecule has 3 nitrogen and oxygen atoms in total. The number of benzene rings is 1. The molecule has 0 aromatic heterocycles. The van der Waals surface area contributed by atoms with Gasteiger partial charge in [-0.3, -0.25) is 0 Å². The summed E-state index contributed by atoms with van der Waals surface area (Å²) < 4.78 is 34.1. The molecule has 0 saturated carbocycles. The maximum Gasteiger partial charge on any atom is 0.261 e. The molecule has 5 heteroatoms. The summed E-state index contributed by atoms with van der Waals surface area (Å²) in [6, 6.07) is 7.70. The summed E-state index contributed by atoms with van der Waals surface area (Å²) in [6.45, 7) is 5.86. The average molecular weight is 287 g/mol. The van der Waals surface area contributed by atoms with Crippen molar-refractivity contribution in [1.82, 2.24) is 5.32 Å². The normalized spacial score (nSPS) is 11.3. The molecule has 114 valence electrons. The van der Waals surface area contributed by atoms with E-state index in [1.54, 1.807) is 0 Å². The van der Waals surface area contributed by atoms with E-state index in [1.165, 1.54) is 0 Å². The van der Waals surface area contributed by atoms with E-state index >= 15 is 0 Å². The molecular weight excluding hydrogens is 264 g/mol. The van der Waals surface area contributed by atoms with Crippen LogP contribution in [0.15, 0.2) is 24.3 Å². The minimum atomic E-state index is -2.43. The molecule has 1 aromatic rings. The Morgan fingerprint density at radius 2 is 1.90 bits per heavy atom. The Balaban J connectivity index is 2.33. The quantitative estimate of drug-likeness (QED) is 0.671. The summed E-state index contributed by atoms with van der Waals surface area (Å²) in [5.74, 6) is 1.36. The van der Waals surface area contributed by atoms with Crippen molar-refractivity contribution in [1.29, 1.82) is 0 Å². The van der Waals surface area contributed by atoms with Gasteiger partial charge in [0.25, 0.3) is 6.43 Å². The second-order valence-corrected chi connectivity index (χ2v) is 4.95. The Morgan fingerprint density at radius 3 is 2.60 bits per heavy atom. The van der Waals surface area contributed by atoms with E-state index < -0.39 is 13.0 Å². The molecule has 0 radical (unpaired) electrons. The van der Waals surface area contributed by atoms with E-state index in [0.29, 0.717) is 5.92 Å². The van der Waals surface area contributed by atoms with Gasteiger partial charge in [-0.15, -0.1) is 0 Å². The van der Waals surface area contributed by atoms with Crippen molar-refractivity contribution < 1.29 is 18.3 Å². The monoisotopic (exact) mass is 287 g/mol. The first-order chi connectivity index (χ1) is 9.59. The molecule has 20 heavy (non-hydrogen) atoms. The molecule has 0 aliphatic rings. The third kappa shape index (κ3) is 7.40. The lowest BCUT2D eigenvalue weighted by Crippen LogP contribution is -2.19. The van der Waals surface area contributed by atoms with Gasteiger partial charge in [-0.2, -0.15) is 0 Å². The highest BCUT2D eigenvalue weighted by Gasteiger charge is 2.04.